The number of benzene rings is 1. The summed E-state index contributed by atoms with van der Waals surface area (Å²) in [4.78, 5) is 0. The van der Waals surface area contributed by atoms with Gasteiger partial charge in [0.2, 0.25) is 0 Å². The molecule has 0 bridgehead atoms. The Bertz CT molecular complexity index is 392. The largest absolute Gasteiger partial charge is 0.409 e. The van der Waals surface area contributed by atoms with Crippen LogP contribution in [-0.4, -0.2) is 30.1 Å². The average molecular weight is 226 g/mol. The van der Waals surface area contributed by atoms with Crippen LogP contribution in [0.15, 0.2) is 23.4 Å². The van der Waals surface area contributed by atoms with E-state index in [4.69, 9.17) is 10.9 Å². The molecule has 0 amide bonds. The Morgan fingerprint density at radius 2 is 2.19 bits per heavy atom. The lowest BCUT2D eigenvalue weighted by Gasteiger charge is -2.12. The summed E-state index contributed by atoms with van der Waals surface area (Å²) < 4.78 is 13.2. The number of hydrazine groups is 1. The Kier molecular flexibility index (Phi) is 4.21. The lowest BCUT2D eigenvalue weighted by molar-refractivity contribution is 0.286. The number of halogens is 1. The van der Waals surface area contributed by atoms with Crippen molar-refractivity contribution in [3.63, 3.8) is 0 Å². The molecular weight excluding hydrogens is 211 g/mol. The third kappa shape index (κ3) is 3.48. The number of amidine groups is 1. The zero-order valence-corrected chi connectivity index (χ0v) is 9.24. The van der Waals surface area contributed by atoms with E-state index in [1.807, 2.05) is 14.1 Å². The Morgan fingerprint density at radius 3 is 2.75 bits per heavy atom. The summed E-state index contributed by atoms with van der Waals surface area (Å²) in [7, 11) is 3.67. The first-order valence-electron chi connectivity index (χ1n) is 4.71. The lowest BCUT2D eigenvalue weighted by Crippen LogP contribution is -2.29. The van der Waals surface area contributed by atoms with Gasteiger partial charge in [-0.3, -0.25) is 10.4 Å². The summed E-state index contributed by atoms with van der Waals surface area (Å²) >= 11 is 0. The van der Waals surface area contributed by atoms with Crippen LogP contribution in [0.4, 0.5) is 4.39 Å². The van der Waals surface area contributed by atoms with Crippen molar-refractivity contribution >= 4 is 5.84 Å². The van der Waals surface area contributed by atoms with Crippen molar-refractivity contribution in [2.45, 2.75) is 6.54 Å². The fourth-order valence-corrected chi connectivity index (χ4v) is 1.21. The average Bonchev–Trinajstić information content (AvgIpc) is 2.24. The topological polar surface area (TPSA) is 73.9 Å². The van der Waals surface area contributed by atoms with Crippen molar-refractivity contribution in [2.24, 2.45) is 10.9 Å². The molecule has 0 saturated carbocycles. The molecule has 0 aliphatic heterocycles. The van der Waals surface area contributed by atoms with Gasteiger partial charge in [0.05, 0.1) is 0 Å². The zero-order valence-electron chi connectivity index (χ0n) is 9.24. The zero-order chi connectivity index (χ0) is 12.1. The minimum atomic E-state index is -0.417. The molecule has 0 aromatic heterocycles. The van der Waals surface area contributed by atoms with Crippen LogP contribution in [0, 0.1) is 5.82 Å². The molecule has 1 rings (SSSR count). The van der Waals surface area contributed by atoms with Crippen LogP contribution in [0.3, 0.4) is 0 Å². The fourth-order valence-electron chi connectivity index (χ4n) is 1.21. The third-order valence-electron chi connectivity index (χ3n) is 1.96. The second-order valence-corrected chi connectivity index (χ2v) is 3.56. The minimum absolute atomic E-state index is 0.106. The van der Waals surface area contributed by atoms with Gasteiger partial charge in [-0.2, -0.15) is 0 Å². The highest BCUT2D eigenvalue weighted by Gasteiger charge is 2.04. The predicted molar refractivity (Wildman–Crippen MR) is 59.4 cm³/mol. The molecule has 4 N–H and O–H groups in total. The van der Waals surface area contributed by atoms with E-state index in [2.05, 4.69) is 10.6 Å². The molecule has 1 aromatic rings. The molecular formula is C10H15FN4O. The van der Waals surface area contributed by atoms with Gasteiger partial charge in [-0.25, -0.2) is 4.39 Å². The van der Waals surface area contributed by atoms with E-state index in [-0.39, 0.29) is 5.84 Å². The molecule has 0 fully saturated rings. The van der Waals surface area contributed by atoms with Gasteiger partial charge in [0.25, 0.3) is 0 Å². The van der Waals surface area contributed by atoms with Gasteiger partial charge < -0.3 is 10.9 Å². The number of nitrogens with two attached hydrogens (primary N) is 1. The van der Waals surface area contributed by atoms with Crippen molar-refractivity contribution in [1.82, 2.24) is 10.4 Å². The first-order valence-corrected chi connectivity index (χ1v) is 4.71. The normalized spacial score (nSPS) is 12.1. The van der Waals surface area contributed by atoms with Crippen LogP contribution in [0.2, 0.25) is 0 Å². The minimum Gasteiger partial charge on any atom is -0.409 e. The molecule has 0 spiro atoms. The van der Waals surface area contributed by atoms with E-state index in [0.717, 1.165) is 5.56 Å². The monoisotopic (exact) mass is 226 g/mol. The number of hydrogen-bond acceptors (Lipinski definition) is 4. The van der Waals surface area contributed by atoms with Gasteiger partial charge in [-0.05, 0) is 23.8 Å². The Balaban J connectivity index is 2.90. The van der Waals surface area contributed by atoms with Crippen molar-refractivity contribution in [3.8, 4) is 0 Å². The van der Waals surface area contributed by atoms with E-state index in [9.17, 15) is 4.39 Å². The molecule has 88 valence electrons. The summed E-state index contributed by atoms with van der Waals surface area (Å²) in [6.45, 7) is 0.469. The molecule has 0 atom stereocenters. The first-order chi connectivity index (χ1) is 7.52. The van der Waals surface area contributed by atoms with E-state index < -0.39 is 5.82 Å². The van der Waals surface area contributed by atoms with E-state index in [1.54, 1.807) is 11.1 Å². The van der Waals surface area contributed by atoms with Crippen LogP contribution in [-0.2, 0) is 6.54 Å². The summed E-state index contributed by atoms with van der Waals surface area (Å²) in [5.41, 5.74) is 9.46. The van der Waals surface area contributed by atoms with Gasteiger partial charge in [-0.1, -0.05) is 5.16 Å². The SMILES string of the molecule is CN(C)NCc1cc(F)cc(/C(N)=N/O)c1. The van der Waals surface area contributed by atoms with Gasteiger partial charge in [-0.15, -0.1) is 0 Å². The van der Waals surface area contributed by atoms with Crippen LogP contribution in [0.1, 0.15) is 11.1 Å². The van der Waals surface area contributed by atoms with Gasteiger partial charge >= 0.3 is 0 Å². The molecule has 0 heterocycles. The maximum Gasteiger partial charge on any atom is 0.170 e. The van der Waals surface area contributed by atoms with Crippen molar-refractivity contribution in [3.05, 3.63) is 35.1 Å². The maximum atomic E-state index is 13.2. The van der Waals surface area contributed by atoms with Crippen LogP contribution in [0.5, 0.6) is 0 Å². The van der Waals surface area contributed by atoms with Crippen molar-refractivity contribution in [1.29, 1.82) is 0 Å². The number of nitrogens with zero attached hydrogens (tertiary/aromatic N) is 2. The number of oxime groups is 1. The van der Waals surface area contributed by atoms with Crippen LogP contribution < -0.4 is 11.2 Å². The third-order valence-corrected chi connectivity index (χ3v) is 1.96. The Hall–Kier alpha value is -1.66. The highest BCUT2D eigenvalue weighted by Crippen LogP contribution is 2.09. The van der Waals surface area contributed by atoms with Crippen LogP contribution in [0.25, 0.3) is 0 Å². The van der Waals surface area contributed by atoms with Gasteiger partial charge in [0.15, 0.2) is 5.84 Å². The van der Waals surface area contributed by atoms with Crippen molar-refractivity contribution in [2.75, 3.05) is 14.1 Å². The summed E-state index contributed by atoms with van der Waals surface area (Å²) in [6, 6.07) is 4.27. The smallest absolute Gasteiger partial charge is 0.170 e. The molecule has 0 radical (unpaired) electrons. The summed E-state index contributed by atoms with van der Waals surface area (Å²) in [5, 5.41) is 13.1. The standard InChI is InChI=1S/C10H15FN4O/c1-15(2)13-6-7-3-8(10(12)14-16)5-9(11)4-7/h3-5,13,16H,6H2,1-2H3,(H2,12,14). The van der Waals surface area contributed by atoms with Crippen molar-refractivity contribution < 1.29 is 9.60 Å². The molecule has 16 heavy (non-hydrogen) atoms. The Labute approximate surface area is 93.3 Å². The van der Waals surface area contributed by atoms with Gasteiger partial charge in [0.1, 0.15) is 5.82 Å². The molecule has 1 aromatic carbocycles. The Morgan fingerprint density at radius 1 is 1.50 bits per heavy atom. The van der Waals surface area contributed by atoms with E-state index in [1.165, 1.54) is 12.1 Å². The number of rotatable bonds is 4. The molecule has 0 aliphatic carbocycles. The molecule has 5 nitrogen and oxygen atoms in total. The fraction of sp³-hybridized carbons (Fsp3) is 0.300. The maximum absolute atomic E-state index is 13.2. The quantitative estimate of drug-likeness (QED) is 0.302. The summed E-state index contributed by atoms with van der Waals surface area (Å²) in [6.07, 6.45) is 0. The van der Waals surface area contributed by atoms with Crippen LogP contribution >= 0.6 is 0 Å². The van der Waals surface area contributed by atoms with E-state index in [0.29, 0.717) is 12.1 Å². The highest BCUT2D eigenvalue weighted by molar-refractivity contribution is 5.97. The molecule has 0 saturated heterocycles. The van der Waals surface area contributed by atoms with Gasteiger partial charge in [0, 0.05) is 26.2 Å². The summed E-state index contributed by atoms with van der Waals surface area (Å²) in [5.74, 6) is -0.523. The van der Waals surface area contributed by atoms with E-state index >= 15 is 0 Å². The second-order valence-electron chi connectivity index (χ2n) is 3.56. The number of nitrogens with one attached hydrogen (secondary N) is 1. The predicted octanol–water partition coefficient (Wildman–Crippen LogP) is 0.486. The number of hydrogen-bond donors (Lipinski definition) is 3. The first kappa shape index (κ1) is 12.4. The second kappa shape index (κ2) is 5.43. The molecule has 0 aliphatic rings. The lowest BCUT2D eigenvalue weighted by atomic mass is 10.1. The highest BCUT2D eigenvalue weighted by atomic mass is 19.1. The molecule has 0 unspecified atom stereocenters. The molecule has 6 heteroatoms.